The Morgan fingerprint density at radius 1 is 0.825 bits per heavy atom. The lowest BCUT2D eigenvalue weighted by molar-refractivity contribution is 0.0923. The Hall–Kier alpha value is -4.73. The highest BCUT2D eigenvalue weighted by Gasteiger charge is 2.27. The molecule has 4 heterocycles. The van der Waals surface area contributed by atoms with Gasteiger partial charge in [0.1, 0.15) is 17.6 Å². The number of pyridine rings is 2. The van der Waals surface area contributed by atoms with Crippen LogP contribution in [0.4, 0.5) is 4.79 Å². The quantitative estimate of drug-likeness (QED) is 0.333. The number of aromatic nitrogens is 3. The van der Waals surface area contributed by atoms with E-state index in [1.807, 2.05) is 36.4 Å². The van der Waals surface area contributed by atoms with Crippen molar-refractivity contribution in [3.05, 3.63) is 78.1 Å². The topological polar surface area (TPSA) is 119 Å². The second-order valence-corrected chi connectivity index (χ2v) is 9.92. The SMILES string of the molecule is O=C(Oc1ccc(-n2c(O)c3c(c2O)CCCC3)cn1)N1CCC(Oc2ccc(Oc3ccccn3)cc2)CC1. The van der Waals surface area contributed by atoms with Crippen LogP contribution in [-0.2, 0) is 12.8 Å². The summed E-state index contributed by atoms with van der Waals surface area (Å²) in [4.78, 5) is 22.8. The molecule has 10 nitrogen and oxygen atoms in total. The monoisotopic (exact) mass is 542 g/mol. The zero-order valence-electron chi connectivity index (χ0n) is 21.9. The van der Waals surface area contributed by atoms with Crippen LogP contribution in [0, 0.1) is 0 Å². The van der Waals surface area contributed by atoms with Crippen LogP contribution in [-0.4, -0.2) is 54.9 Å². The maximum absolute atomic E-state index is 12.7. The van der Waals surface area contributed by atoms with Crippen molar-refractivity contribution < 1.29 is 29.2 Å². The molecule has 1 saturated heterocycles. The number of aromatic hydroxyl groups is 2. The summed E-state index contributed by atoms with van der Waals surface area (Å²) in [5, 5.41) is 21.3. The van der Waals surface area contributed by atoms with E-state index in [-0.39, 0.29) is 23.7 Å². The minimum absolute atomic E-state index is 0.0169. The molecule has 1 aromatic carbocycles. The standard InChI is InChI=1S/C30H30N4O6/c35-28-24-5-1-2-6-25(24)29(36)34(28)20-8-13-27(32-19-20)40-30(37)33-17-14-23(15-18-33)38-21-9-11-22(12-10-21)39-26-7-3-4-16-31-26/h3-4,7-13,16,19,23,35-36H,1-2,5-6,14-15,17-18H2. The molecule has 0 atom stereocenters. The summed E-state index contributed by atoms with van der Waals surface area (Å²) in [6.45, 7) is 0.998. The van der Waals surface area contributed by atoms with E-state index < -0.39 is 6.09 Å². The molecule has 2 N–H and O–H groups in total. The summed E-state index contributed by atoms with van der Waals surface area (Å²) in [7, 11) is 0. The van der Waals surface area contributed by atoms with E-state index in [9.17, 15) is 15.0 Å². The first-order valence-corrected chi connectivity index (χ1v) is 13.5. The molecule has 0 saturated carbocycles. The molecule has 0 unspecified atom stereocenters. The van der Waals surface area contributed by atoms with Gasteiger partial charge in [0.15, 0.2) is 0 Å². The summed E-state index contributed by atoms with van der Waals surface area (Å²) in [5.74, 6) is 2.16. The lowest BCUT2D eigenvalue weighted by Gasteiger charge is -2.31. The smallest absolute Gasteiger partial charge is 0.416 e. The van der Waals surface area contributed by atoms with E-state index in [2.05, 4.69) is 9.97 Å². The Labute approximate surface area is 231 Å². The van der Waals surface area contributed by atoms with E-state index in [4.69, 9.17) is 14.2 Å². The fourth-order valence-electron chi connectivity index (χ4n) is 5.20. The van der Waals surface area contributed by atoms with Crippen molar-refractivity contribution in [3.8, 4) is 40.7 Å². The second-order valence-electron chi connectivity index (χ2n) is 9.92. The average molecular weight is 543 g/mol. The highest BCUT2D eigenvalue weighted by Crippen LogP contribution is 2.40. The summed E-state index contributed by atoms with van der Waals surface area (Å²) >= 11 is 0. The molecular formula is C30H30N4O6. The van der Waals surface area contributed by atoms with Gasteiger partial charge in [-0.1, -0.05) is 6.07 Å². The number of rotatable bonds is 6. The molecule has 3 aromatic heterocycles. The molecule has 2 aliphatic rings. The first-order chi connectivity index (χ1) is 19.5. The minimum Gasteiger partial charge on any atom is -0.494 e. The van der Waals surface area contributed by atoms with Crippen molar-refractivity contribution in [1.29, 1.82) is 0 Å². The fourth-order valence-corrected chi connectivity index (χ4v) is 5.20. The first-order valence-electron chi connectivity index (χ1n) is 13.5. The second kappa shape index (κ2) is 11.2. The number of amides is 1. The van der Waals surface area contributed by atoms with Crippen molar-refractivity contribution in [2.24, 2.45) is 0 Å². The van der Waals surface area contributed by atoms with Crippen LogP contribution in [0.3, 0.4) is 0 Å². The number of benzene rings is 1. The minimum atomic E-state index is -0.475. The van der Waals surface area contributed by atoms with Crippen molar-refractivity contribution in [2.45, 2.75) is 44.6 Å². The van der Waals surface area contributed by atoms with Gasteiger partial charge in [-0.15, -0.1) is 0 Å². The molecule has 0 spiro atoms. The number of nitrogens with zero attached hydrogens (tertiary/aromatic N) is 4. The largest absolute Gasteiger partial charge is 0.494 e. The lowest BCUT2D eigenvalue weighted by Crippen LogP contribution is -2.43. The highest BCUT2D eigenvalue weighted by atomic mass is 16.6. The maximum Gasteiger partial charge on any atom is 0.416 e. The maximum atomic E-state index is 12.7. The summed E-state index contributed by atoms with van der Waals surface area (Å²) in [6.07, 6.45) is 7.44. The molecule has 40 heavy (non-hydrogen) atoms. The number of ether oxygens (including phenoxy) is 3. The van der Waals surface area contributed by atoms with Crippen molar-refractivity contribution in [1.82, 2.24) is 19.4 Å². The highest BCUT2D eigenvalue weighted by molar-refractivity contribution is 5.70. The molecular weight excluding hydrogens is 512 g/mol. The van der Waals surface area contributed by atoms with Gasteiger partial charge >= 0.3 is 6.09 Å². The normalized spacial score (nSPS) is 15.3. The number of hydrogen-bond acceptors (Lipinski definition) is 8. The fraction of sp³-hybridized carbons (Fsp3) is 0.300. The molecule has 0 radical (unpaired) electrons. The average Bonchev–Trinajstić information content (AvgIpc) is 3.25. The van der Waals surface area contributed by atoms with Crippen molar-refractivity contribution >= 4 is 6.09 Å². The van der Waals surface area contributed by atoms with Gasteiger partial charge < -0.3 is 29.3 Å². The third-order valence-electron chi connectivity index (χ3n) is 7.29. The number of piperidine rings is 1. The molecule has 1 aliphatic carbocycles. The number of likely N-dealkylation sites (tertiary alicyclic amines) is 1. The van der Waals surface area contributed by atoms with E-state index in [0.717, 1.165) is 42.6 Å². The van der Waals surface area contributed by atoms with Crippen LogP contribution in [0.5, 0.6) is 35.0 Å². The van der Waals surface area contributed by atoms with Gasteiger partial charge in [-0.3, -0.25) is 0 Å². The van der Waals surface area contributed by atoms with Gasteiger partial charge in [-0.05, 0) is 62.1 Å². The van der Waals surface area contributed by atoms with Gasteiger partial charge in [0, 0.05) is 55.4 Å². The molecule has 6 rings (SSSR count). The van der Waals surface area contributed by atoms with E-state index in [1.54, 1.807) is 29.3 Å². The Kier molecular flexibility index (Phi) is 7.13. The predicted octanol–water partition coefficient (Wildman–Crippen LogP) is 5.39. The molecule has 0 bridgehead atoms. The Morgan fingerprint density at radius 3 is 2.15 bits per heavy atom. The summed E-state index contributed by atoms with van der Waals surface area (Å²) in [5.41, 5.74) is 2.08. The van der Waals surface area contributed by atoms with Crippen LogP contribution < -0.4 is 14.2 Å². The molecule has 1 fully saturated rings. The number of carbonyl (C=O) groups excluding carboxylic acids is 1. The van der Waals surface area contributed by atoms with Gasteiger partial charge in [-0.2, -0.15) is 0 Å². The first kappa shape index (κ1) is 25.5. The zero-order valence-corrected chi connectivity index (χ0v) is 21.9. The number of hydrogen-bond donors (Lipinski definition) is 2. The summed E-state index contributed by atoms with van der Waals surface area (Å²) < 4.78 is 18.7. The van der Waals surface area contributed by atoms with Crippen LogP contribution in [0.15, 0.2) is 67.0 Å². The van der Waals surface area contributed by atoms with Gasteiger partial charge in [0.2, 0.25) is 23.5 Å². The van der Waals surface area contributed by atoms with Crippen molar-refractivity contribution in [3.63, 3.8) is 0 Å². The predicted molar refractivity (Wildman–Crippen MR) is 146 cm³/mol. The number of carbonyl (C=O) groups is 1. The molecule has 206 valence electrons. The Bertz CT molecular complexity index is 1430. The van der Waals surface area contributed by atoms with Crippen LogP contribution in [0.25, 0.3) is 5.69 Å². The van der Waals surface area contributed by atoms with Crippen LogP contribution in [0.1, 0.15) is 36.8 Å². The molecule has 10 heteroatoms. The third-order valence-corrected chi connectivity index (χ3v) is 7.29. The third kappa shape index (κ3) is 5.38. The van der Waals surface area contributed by atoms with E-state index in [1.165, 1.54) is 10.8 Å². The molecule has 1 amide bonds. The number of fused-ring (bicyclic) bond motifs is 1. The van der Waals surface area contributed by atoms with Gasteiger partial charge in [0.25, 0.3) is 0 Å². The van der Waals surface area contributed by atoms with Crippen molar-refractivity contribution in [2.75, 3.05) is 13.1 Å². The van der Waals surface area contributed by atoms with Gasteiger partial charge in [0.05, 0.1) is 11.9 Å². The molecule has 1 aliphatic heterocycles. The van der Waals surface area contributed by atoms with Gasteiger partial charge in [-0.25, -0.2) is 19.3 Å². The van der Waals surface area contributed by atoms with Crippen LogP contribution in [0.2, 0.25) is 0 Å². The Balaban J connectivity index is 0.999. The van der Waals surface area contributed by atoms with E-state index >= 15 is 0 Å². The summed E-state index contributed by atoms with van der Waals surface area (Å²) in [6, 6.07) is 16.1. The zero-order chi connectivity index (χ0) is 27.5. The van der Waals surface area contributed by atoms with E-state index in [0.29, 0.717) is 43.2 Å². The molecule has 4 aromatic rings. The Morgan fingerprint density at radius 2 is 1.52 bits per heavy atom. The van der Waals surface area contributed by atoms with Crippen LogP contribution >= 0.6 is 0 Å². The lowest BCUT2D eigenvalue weighted by atomic mass is 9.95.